The van der Waals surface area contributed by atoms with Crippen molar-refractivity contribution in [3.05, 3.63) is 95.4 Å². The monoisotopic (exact) mass is 569 g/mol. The summed E-state index contributed by atoms with van der Waals surface area (Å²) in [7, 11) is -4.18. The van der Waals surface area contributed by atoms with Gasteiger partial charge in [-0.15, -0.1) is 0 Å². The number of halogens is 1. The van der Waals surface area contributed by atoms with Crippen LogP contribution in [0, 0.1) is 0 Å². The predicted octanol–water partition coefficient (Wildman–Crippen LogP) is 4.86. The summed E-state index contributed by atoms with van der Waals surface area (Å²) in [5.41, 5.74) is 2.01. The molecule has 13 heteroatoms. The lowest BCUT2D eigenvalue weighted by Gasteiger charge is -2.15. The number of benzene rings is 2. The first kappa shape index (κ1) is 27.9. The third-order valence-electron chi connectivity index (χ3n) is 5.55. The Balaban J connectivity index is 1.58. The van der Waals surface area contributed by atoms with E-state index in [4.69, 9.17) is 16.7 Å². The average Bonchev–Trinajstić information content (AvgIpc) is 3.55. The summed E-state index contributed by atoms with van der Waals surface area (Å²) < 4.78 is 32.1. The molecule has 3 amide bonds. The van der Waals surface area contributed by atoms with Crippen molar-refractivity contribution in [3.8, 4) is 5.69 Å². The second kappa shape index (κ2) is 11.3. The smallest absolute Gasteiger partial charge is 0.308 e. The van der Waals surface area contributed by atoms with Crippen molar-refractivity contribution in [3.63, 3.8) is 0 Å². The Morgan fingerprint density at radius 1 is 0.949 bits per heavy atom. The number of hydrogen-bond acceptors (Lipinski definition) is 5. The molecule has 0 atom stereocenters. The zero-order valence-electron chi connectivity index (χ0n) is 21.5. The van der Waals surface area contributed by atoms with Crippen molar-refractivity contribution < 1.29 is 18.0 Å². The molecule has 11 nitrogen and oxygen atoms in total. The van der Waals surface area contributed by atoms with Crippen LogP contribution in [-0.2, 0) is 22.2 Å². The zero-order valence-corrected chi connectivity index (χ0v) is 23.0. The fourth-order valence-electron chi connectivity index (χ4n) is 3.55. The predicted molar refractivity (Wildman–Crippen MR) is 150 cm³/mol. The van der Waals surface area contributed by atoms with Gasteiger partial charge in [0, 0.05) is 41.1 Å². The number of para-hydroxylation sites is 1. The van der Waals surface area contributed by atoms with Gasteiger partial charge >= 0.3 is 22.3 Å². The van der Waals surface area contributed by atoms with Crippen LogP contribution in [0.25, 0.3) is 5.69 Å². The lowest BCUT2D eigenvalue weighted by molar-refractivity contribution is 0.247. The molecule has 204 valence electrons. The number of aromatic nitrogens is 3. The highest BCUT2D eigenvalue weighted by Gasteiger charge is 2.23. The van der Waals surface area contributed by atoms with Crippen molar-refractivity contribution in [2.75, 3.05) is 10.6 Å². The van der Waals surface area contributed by atoms with Crippen molar-refractivity contribution in [1.82, 2.24) is 23.8 Å². The molecule has 0 aliphatic rings. The van der Waals surface area contributed by atoms with Crippen LogP contribution >= 0.6 is 11.6 Å². The van der Waals surface area contributed by atoms with Gasteiger partial charge in [0.05, 0.1) is 11.4 Å². The van der Waals surface area contributed by atoms with Crippen LogP contribution in [0.4, 0.5) is 21.1 Å². The topological polar surface area (TPSA) is 139 Å². The van der Waals surface area contributed by atoms with E-state index in [2.05, 4.69) is 15.4 Å². The maximum absolute atomic E-state index is 12.8. The van der Waals surface area contributed by atoms with Crippen LogP contribution in [0.15, 0.2) is 79.1 Å². The van der Waals surface area contributed by atoms with Gasteiger partial charge in [-0.2, -0.15) is 18.2 Å². The maximum Gasteiger partial charge on any atom is 0.340 e. The van der Waals surface area contributed by atoms with E-state index in [-0.39, 0.29) is 12.0 Å². The third-order valence-corrected chi connectivity index (χ3v) is 6.77. The molecule has 0 saturated heterocycles. The van der Waals surface area contributed by atoms with E-state index < -0.39 is 22.3 Å². The van der Waals surface area contributed by atoms with Crippen LogP contribution < -0.4 is 20.1 Å². The molecule has 2 aromatic heterocycles. The number of anilines is 2. The Morgan fingerprint density at radius 3 is 2.28 bits per heavy atom. The summed E-state index contributed by atoms with van der Waals surface area (Å²) in [5, 5.41) is 10.8. The van der Waals surface area contributed by atoms with E-state index in [0.717, 1.165) is 4.57 Å². The summed E-state index contributed by atoms with van der Waals surface area (Å²) >= 11 is 5.92. The highest BCUT2D eigenvalue weighted by atomic mass is 35.5. The van der Waals surface area contributed by atoms with Crippen molar-refractivity contribution >= 4 is 45.4 Å². The molecule has 4 N–H and O–H groups in total. The van der Waals surface area contributed by atoms with Crippen LogP contribution in [0.2, 0.25) is 5.02 Å². The molecular formula is C26H28ClN7O4S. The standard InChI is InChI=1S/C26H28ClN7O4S/c1-26(2,3)22-16-23(30-24(35)29-20-12-10-19(27)11-13-20)34(31-22)21-9-5-4-8-18(21)17-28-39(37,38)32-25(36)33-14-6-7-15-33/h4-16,28H,17H2,1-3H3,(H,32,36)(H2,29,30,35). The molecular weight excluding hydrogens is 542 g/mol. The van der Waals surface area contributed by atoms with Gasteiger partial charge in [0.15, 0.2) is 0 Å². The Hall–Kier alpha value is -4.13. The van der Waals surface area contributed by atoms with Gasteiger partial charge in [0.25, 0.3) is 0 Å². The Morgan fingerprint density at radius 2 is 1.62 bits per heavy atom. The largest absolute Gasteiger partial charge is 0.340 e. The van der Waals surface area contributed by atoms with Crippen LogP contribution in [0.5, 0.6) is 0 Å². The van der Waals surface area contributed by atoms with Gasteiger partial charge in [0.1, 0.15) is 5.82 Å². The molecule has 4 aromatic rings. The molecule has 2 heterocycles. The zero-order chi connectivity index (χ0) is 28.2. The SMILES string of the molecule is CC(C)(C)c1cc(NC(=O)Nc2ccc(Cl)cc2)n(-c2ccccc2CNS(=O)(=O)NC(=O)n2cccc2)n1. The van der Waals surface area contributed by atoms with Gasteiger partial charge in [-0.1, -0.05) is 50.6 Å². The fraction of sp³-hybridized carbons (Fsp3) is 0.192. The number of carbonyl (C=O) groups is 2. The number of urea groups is 1. The van der Waals surface area contributed by atoms with E-state index in [1.54, 1.807) is 71.4 Å². The van der Waals surface area contributed by atoms with E-state index in [1.165, 1.54) is 12.4 Å². The summed E-state index contributed by atoms with van der Waals surface area (Å²) in [6.07, 6.45) is 2.87. The summed E-state index contributed by atoms with van der Waals surface area (Å²) in [6.45, 7) is 5.83. The molecule has 4 rings (SSSR count). The Labute approximate surface area is 231 Å². The van der Waals surface area contributed by atoms with Crippen molar-refractivity contribution in [2.45, 2.75) is 32.7 Å². The first-order valence-electron chi connectivity index (χ1n) is 11.9. The number of amides is 3. The summed E-state index contributed by atoms with van der Waals surface area (Å²) in [4.78, 5) is 25.0. The minimum atomic E-state index is -4.18. The molecule has 0 fully saturated rings. The molecule has 39 heavy (non-hydrogen) atoms. The fourth-order valence-corrected chi connectivity index (χ4v) is 4.42. The second-order valence-electron chi connectivity index (χ2n) is 9.61. The number of carbonyl (C=O) groups excluding carboxylic acids is 2. The molecule has 0 unspecified atom stereocenters. The number of rotatable bonds is 7. The molecule has 2 aromatic carbocycles. The lowest BCUT2D eigenvalue weighted by atomic mass is 9.92. The normalized spacial score (nSPS) is 11.7. The van der Waals surface area contributed by atoms with Crippen LogP contribution in [-0.4, -0.2) is 34.8 Å². The molecule has 0 spiro atoms. The third kappa shape index (κ3) is 7.25. The molecule has 0 aliphatic carbocycles. The van der Waals surface area contributed by atoms with E-state index >= 15 is 0 Å². The van der Waals surface area contributed by atoms with Crippen LogP contribution in [0.3, 0.4) is 0 Å². The van der Waals surface area contributed by atoms with Gasteiger partial charge in [0.2, 0.25) is 0 Å². The maximum atomic E-state index is 12.8. The Kier molecular flexibility index (Phi) is 8.09. The van der Waals surface area contributed by atoms with Crippen molar-refractivity contribution in [1.29, 1.82) is 0 Å². The highest BCUT2D eigenvalue weighted by molar-refractivity contribution is 7.88. The Bertz CT molecular complexity index is 1580. The first-order chi connectivity index (χ1) is 18.4. The minimum Gasteiger partial charge on any atom is -0.308 e. The van der Waals surface area contributed by atoms with Crippen LogP contribution in [0.1, 0.15) is 32.0 Å². The van der Waals surface area contributed by atoms with Crippen molar-refractivity contribution in [2.24, 2.45) is 0 Å². The molecule has 0 saturated carbocycles. The van der Waals surface area contributed by atoms with E-state index in [0.29, 0.717) is 33.5 Å². The quantitative estimate of drug-likeness (QED) is 0.252. The van der Waals surface area contributed by atoms with Gasteiger partial charge in [-0.3, -0.25) is 9.88 Å². The number of hydrogen-bond donors (Lipinski definition) is 4. The second-order valence-corrected chi connectivity index (χ2v) is 11.5. The number of nitrogens with zero attached hydrogens (tertiary/aromatic N) is 3. The highest BCUT2D eigenvalue weighted by Crippen LogP contribution is 2.28. The van der Waals surface area contributed by atoms with Gasteiger partial charge in [-0.25, -0.2) is 19.0 Å². The van der Waals surface area contributed by atoms with Gasteiger partial charge < -0.3 is 5.32 Å². The summed E-state index contributed by atoms with van der Waals surface area (Å²) in [5.74, 6) is 0.377. The molecule has 0 radical (unpaired) electrons. The molecule has 0 aliphatic heterocycles. The van der Waals surface area contributed by atoms with E-state index in [9.17, 15) is 18.0 Å². The van der Waals surface area contributed by atoms with E-state index in [1.807, 2.05) is 25.5 Å². The lowest BCUT2D eigenvalue weighted by Crippen LogP contribution is -2.41. The molecule has 0 bridgehead atoms. The summed E-state index contributed by atoms with van der Waals surface area (Å²) in [6, 6.07) is 17.3. The van der Waals surface area contributed by atoms with Gasteiger partial charge in [-0.05, 0) is 48.0 Å². The first-order valence-corrected chi connectivity index (χ1v) is 13.7. The minimum absolute atomic E-state index is 0.147. The average molecular weight is 570 g/mol. The number of nitrogens with one attached hydrogen (secondary N) is 4.